The van der Waals surface area contributed by atoms with Gasteiger partial charge in [-0.1, -0.05) is 6.07 Å². The van der Waals surface area contributed by atoms with Crippen molar-refractivity contribution in [2.24, 2.45) is 0 Å². The van der Waals surface area contributed by atoms with Crippen molar-refractivity contribution in [3.63, 3.8) is 0 Å². The zero-order chi connectivity index (χ0) is 16.9. The number of pyridine rings is 2. The van der Waals surface area contributed by atoms with Gasteiger partial charge in [-0.05, 0) is 37.1 Å². The van der Waals surface area contributed by atoms with Crippen molar-refractivity contribution in [1.82, 2.24) is 19.9 Å². The van der Waals surface area contributed by atoms with E-state index in [4.69, 9.17) is 0 Å². The predicted molar refractivity (Wildman–Crippen MR) is 91.3 cm³/mol. The first-order valence-corrected chi connectivity index (χ1v) is 7.56. The molecule has 0 bridgehead atoms. The normalized spacial score (nSPS) is 10.4. The standard InChI is InChI=1S/C18H17N5O/c1-12-7-14(9-17(24)23-16-11-19-5-6-21-16)10-22-18(12)15-3-4-20-13(2)8-15/h3-8,10-11H,9H2,1-2H3,(H,21,23,24). The number of rotatable bonds is 4. The maximum Gasteiger partial charge on any atom is 0.230 e. The van der Waals surface area contributed by atoms with Gasteiger partial charge < -0.3 is 5.32 Å². The number of carbonyl (C=O) groups is 1. The van der Waals surface area contributed by atoms with Crippen LogP contribution in [0.1, 0.15) is 16.8 Å². The maximum absolute atomic E-state index is 12.1. The van der Waals surface area contributed by atoms with Crippen LogP contribution in [0.4, 0.5) is 5.82 Å². The molecule has 3 heterocycles. The van der Waals surface area contributed by atoms with Crippen molar-refractivity contribution in [2.45, 2.75) is 20.3 Å². The molecule has 6 heteroatoms. The van der Waals surface area contributed by atoms with Crippen molar-refractivity contribution in [1.29, 1.82) is 0 Å². The Morgan fingerprint density at radius 1 is 1.04 bits per heavy atom. The molecular weight excluding hydrogens is 302 g/mol. The van der Waals surface area contributed by atoms with Gasteiger partial charge in [-0.25, -0.2) is 4.98 Å². The van der Waals surface area contributed by atoms with Crippen molar-refractivity contribution >= 4 is 11.7 Å². The fraction of sp³-hybridized carbons (Fsp3) is 0.167. The summed E-state index contributed by atoms with van der Waals surface area (Å²) >= 11 is 0. The topological polar surface area (TPSA) is 80.7 Å². The van der Waals surface area contributed by atoms with E-state index < -0.39 is 0 Å². The fourth-order valence-electron chi connectivity index (χ4n) is 2.46. The van der Waals surface area contributed by atoms with E-state index in [0.717, 1.165) is 28.1 Å². The number of anilines is 1. The lowest BCUT2D eigenvalue weighted by atomic mass is 10.0. The number of amides is 1. The minimum absolute atomic E-state index is 0.149. The summed E-state index contributed by atoms with van der Waals surface area (Å²) in [6.45, 7) is 3.94. The average Bonchev–Trinajstić information content (AvgIpc) is 2.55. The molecular formula is C18H17N5O. The molecule has 3 aromatic rings. The third-order valence-corrected chi connectivity index (χ3v) is 3.50. The second-order valence-electron chi connectivity index (χ2n) is 5.51. The zero-order valence-electron chi connectivity index (χ0n) is 13.5. The van der Waals surface area contributed by atoms with Crippen LogP contribution in [0.5, 0.6) is 0 Å². The number of aryl methyl sites for hydroxylation is 2. The van der Waals surface area contributed by atoms with Crippen LogP contribution in [0, 0.1) is 13.8 Å². The van der Waals surface area contributed by atoms with Gasteiger partial charge in [0.25, 0.3) is 0 Å². The van der Waals surface area contributed by atoms with E-state index in [0.29, 0.717) is 5.82 Å². The molecule has 0 atom stereocenters. The summed E-state index contributed by atoms with van der Waals surface area (Å²) in [5.41, 5.74) is 4.74. The van der Waals surface area contributed by atoms with Crippen LogP contribution in [0.25, 0.3) is 11.3 Å². The molecule has 0 aliphatic heterocycles. The van der Waals surface area contributed by atoms with Crippen molar-refractivity contribution in [2.75, 3.05) is 5.32 Å². The van der Waals surface area contributed by atoms with E-state index in [9.17, 15) is 4.79 Å². The van der Waals surface area contributed by atoms with Gasteiger partial charge in [0, 0.05) is 36.0 Å². The van der Waals surface area contributed by atoms with Gasteiger partial charge in [0.2, 0.25) is 5.91 Å². The summed E-state index contributed by atoms with van der Waals surface area (Å²) in [4.78, 5) is 28.7. The van der Waals surface area contributed by atoms with Gasteiger partial charge in [-0.2, -0.15) is 0 Å². The summed E-state index contributed by atoms with van der Waals surface area (Å²) in [6.07, 6.45) is 8.34. The summed E-state index contributed by atoms with van der Waals surface area (Å²) in [6, 6.07) is 5.91. The Hall–Kier alpha value is -3.15. The number of nitrogens with zero attached hydrogens (tertiary/aromatic N) is 4. The summed E-state index contributed by atoms with van der Waals surface area (Å²) < 4.78 is 0. The van der Waals surface area contributed by atoms with Gasteiger partial charge >= 0.3 is 0 Å². The van der Waals surface area contributed by atoms with E-state index in [1.54, 1.807) is 18.6 Å². The second kappa shape index (κ2) is 6.95. The fourth-order valence-corrected chi connectivity index (χ4v) is 2.46. The Balaban J connectivity index is 1.74. The highest BCUT2D eigenvalue weighted by atomic mass is 16.1. The van der Waals surface area contributed by atoms with E-state index in [-0.39, 0.29) is 12.3 Å². The molecule has 120 valence electrons. The average molecular weight is 319 g/mol. The molecule has 0 fully saturated rings. The lowest BCUT2D eigenvalue weighted by molar-refractivity contribution is -0.115. The van der Waals surface area contributed by atoms with Gasteiger partial charge in [0.1, 0.15) is 0 Å². The lowest BCUT2D eigenvalue weighted by Crippen LogP contribution is -2.15. The first-order valence-electron chi connectivity index (χ1n) is 7.56. The number of carbonyl (C=O) groups excluding carboxylic acids is 1. The smallest absolute Gasteiger partial charge is 0.230 e. The van der Waals surface area contributed by atoms with Crippen LogP contribution in [-0.4, -0.2) is 25.8 Å². The Morgan fingerprint density at radius 3 is 2.62 bits per heavy atom. The van der Waals surface area contributed by atoms with Gasteiger partial charge in [0.15, 0.2) is 5.82 Å². The molecule has 24 heavy (non-hydrogen) atoms. The monoisotopic (exact) mass is 319 g/mol. The minimum atomic E-state index is -0.149. The van der Waals surface area contributed by atoms with Crippen molar-refractivity contribution in [3.05, 3.63) is 66.0 Å². The highest BCUT2D eigenvalue weighted by Crippen LogP contribution is 2.22. The Bertz CT molecular complexity index is 864. The summed E-state index contributed by atoms with van der Waals surface area (Å²) in [5, 5.41) is 2.72. The Morgan fingerprint density at radius 2 is 1.92 bits per heavy atom. The van der Waals surface area contributed by atoms with Crippen molar-refractivity contribution < 1.29 is 4.79 Å². The molecule has 1 N–H and O–H groups in total. The van der Waals surface area contributed by atoms with Crippen LogP contribution >= 0.6 is 0 Å². The highest BCUT2D eigenvalue weighted by molar-refractivity contribution is 5.91. The highest BCUT2D eigenvalue weighted by Gasteiger charge is 2.09. The Kier molecular flexibility index (Phi) is 4.56. The molecule has 3 aromatic heterocycles. The molecule has 0 unspecified atom stereocenters. The van der Waals surface area contributed by atoms with Crippen LogP contribution in [-0.2, 0) is 11.2 Å². The molecule has 0 aliphatic rings. The van der Waals surface area contributed by atoms with Gasteiger partial charge in [0.05, 0.1) is 18.3 Å². The quantitative estimate of drug-likeness (QED) is 0.799. The zero-order valence-corrected chi connectivity index (χ0v) is 13.5. The number of nitrogens with one attached hydrogen (secondary N) is 1. The van der Waals surface area contributed by atoms with E-state index in [2.05, 4.69) is 25.3 Å². The Labute approximate surface area is 140 Å². The molecule has 3 rings (SSSR count). The molecule has 6 nitrogen and oxygen atoms in total. The number of hydrogen-bond acceptors (Lipinski definition) is 5. The predicted octanol–water partition coefficient (Wildman–Crippen LogP) is 2.73. The van der Waals surface area contributed by atoms with E-state index in [1.165, 1.54) is 12.4 Å². The van der Waals surface area contributed by atoms with E-state index in [1.807, 2.05) is 32.0 Å². The lowest BCUT2D eigenvalue weighted by Gasteiger charge is -2.08. The molecule has 1 amide bonds. The molecule has 0 spiro atoms. The van der Waals surface area contributed by atoms with Gasteiger partial charge in [-0.3, -0.25) is 19.7 Å². The minimum Gasteiger partial charge on any atom is -0.309 e. The SMILES string of the molecule is Cc1cc(-c2ncc(CC(=O)Nc3cnccn3)cc2C)ccn1. The summed E-state index contributed by atoms with van der Waals surface area (Å²) in [5.74, 6) is 0.292. The van der Waals surface area contributed by atoms with E-state index >= 15 is 0 Å². The molecule has 0 radical (unpaired) electrons. The van der Waals surface area contributed by atoms with Crippen LogP contribution < -0.4 is 5.32 Å². The third kappa shape index (κ3) is 3.78. The maximum atomic E-state index is 12.1. The van der Waals surface area contributed by atoms with Gasteiger partial charge in [-0.15, -0.1) is 0 Å². The molecule has 0 aliphatic carbocycles. The summed E-state index contributed by atoms with van der Waals surface area (Å²) in [7, 11) is 0. The van der Waals surface area contributed by atoms with Crippen LogP contribution in [0.2, 0.25) is 0 Å². The van der Waals surface area contributed by atoms with Crippen LogP contribution in [0.15, 0.2) is 49.2 Å². The largest absolute Gasteiger partial charge is 0.309 e. The third-order valence-electron chi connectivity index (χ3n) is 3.50. The number of hydrogen-bond donors (Lipinski definition) is 1. The van der Waals surface area contributed by atoms with Crippen molar-refractivity contribution in [3.8, 4) is 11.3 Å². The number of aromatic nitrogens is 4. The second-order valence-corrected chi connectivity index (χ2v) is 5.51. The molecule has 0 aromatic carbocycles. The molecule has 0 saturated heterocycles. The first-order chi connectivity index (χ1) is 11.6. The van der Waals surface area contributed by atoms with Crippen LogP contribution in [0.3, 0.4) is 0 Å². The first kappa shape index (κ1) is 15.7. The molecule has 0 saturated carbocycles.